The van der Waals surface area contributed by atoms with Crippen molar-refractivity contribution < 1.29 is 9.53 Å². The SMILES string of the molecule is CC1(C(N)=O)CC1Cc1cc2ccc(OCc3ccccc3)cc2[nH]1. The number of aromatic amines is 1. The first-order chi connectivity index (χ1) is 12.0. The van der Waals surface area contributed by atoms with Crippen molar-refractivity contribution in [3.8, 4) is 5.75 Å². The molecule has 1 fully saturated rings. The predicted molar refractivity (Wildman–Crippen MR) is 98.2 cm³/mol. The number of nitrogens with two attached hydrogens (primary N) is 1. The van der Waals surface area contributed by atoms with Crippen LogP contribution in [0.4, 0.5) is 0 Å². The van der Waals surface area contributed by atoms with Crippen LogP contribution < -0.4 is 10.5 Å². The predicted octanol–water partition coefficient (Wildman–Crippen LogP) is 3.80. The zero-order chi connectivity index (χ0) is 17.4. The van der Waals surface area contributed by atoms with Crippen LogP contribution in [0.1, 0.15) is 24.6 Å². The van der Waals surface area contributed by atoms with Gasteiger partial charge in [0.25, 0.3) is 0 Å². The molecule has 0 saturated heterocycles. The van der Waals surface area contributed by atoms with Crippen molar-refractivity contribution >= 4 is 16.8 Å². The van der Waals surface area contributed by atoms with Gasteiger partial charge in [0.15, 0.2) is 0 Å². The number of ether oxygens (including phenoxy) is 1. The highest BCUT2D eigenvalue weighted by Crippen LogP contribution is 2.53. The molecule has 1 aliphatic carbocycles. The number of benzene rings is 2. The van der Waals surface area contributed by atoms with Gasteiger partial charge in [0.2, 0.25) is 5.91 Å². The average Bonchev–Trinajstić information content (AvgIpc) is 3.10. The van der Waals surface area contributed by atoms with Gasteiger partial charge in [0.1, 0.15) is 12.4 Å². The summed E-state index contributed by atoms with van der Waals surface area (Å²) in [6.07, 6.45) is 1.73. The van der Waals surface area contributed by atoms with Crippen molar-refractivity contribution in [2.75, 3.05) is 0 Å². The van der Waals surface area contributed by atoms with Crippen molar-refractivity contribution in [3.05, 3.63) is 65.9 Å². The lowest BCUT2D eigenvalue weighted by Crippen LogP contribution is -2.24. The van der Waals surface area contributed by atoms with Crippen molar-refractivity contribution in [3.63, 3.8) is 0 Å². The molecule has 1 aliphatic rings. The van der Waals surface area contributed by atoms with Gasteiger partial charge >= 0.3 is 0 Å². The molecule has 3 N–H and O–H groups in total. The Bertz CT molecular complexity index is 916. The lowest BCUT2D eigenvalue weighted by Gasteiger charge is -2.06. The summed E-state index contributed by atoms with van der Waals surface area (Å²) in [6.45, 7) is 2.51. The number of hydrogen-bond acceptors (Lipinski definition) is 2. The van der Waals surface area contributed by atoms with Gasteiger partial charge in [-0.15, -0.1) is 0 Å². The number of aromatic nitrogens is 1. The standard InChI is InChI=1S/C21H22N2O2/c1-21(20(22)24)12-16(21)10-17-9-15-7-8-18(11-19(15)23-17)25-13-14-5-3-2-4-6-14/h2-9,11,16,23H,10,12-13H2,1H3,(H2,22,24). The van der Waals surface area contributed by atoms with Crippen LogP contribution in [0.15, 0.2) is 54.6 Å². The minimum atomic E-state index is -0.332. The van der Waals surface area contributed by atoms with Crippen LogP contribution in [0.25, 0.3) is 10.9 Å². The van der Waals surface area contributed by atoms with Gasteiger partial charge < -0.3 is 15.5 Å². The molecular formula is C21H22N2O2. The molecule has 4 heteroatoms. The second kappa shape index (κ2) is 5.96. The number of nitrogens with one attached hydrogen (secondary N) is 1. The fraction of sp³-hybridized carbons (Fsp3) is 0.286. The van der Waals surface area contributed by atoms with E-state index in [2.05, 4.69) is 29.2 Å². The number of H-pyrrole nitrogens is 1. The van der Waals surface area contributed by atoms with Gasteiger partial charge in [0, 0.05) is 22.7 Å². The third kappa shape index (κ3) is 3.12. The van der Waals surface area contributed by atoms with E-state index in [9.17, 15) is 4.79 Å². The first-order valence-corrected chi connectivity index (χ1v) is 8.63. The zero-order valence-corrected chi connectivity index (χ0v) is 14.3. The fourth-order valence-electron chi connectivity index (χ4n) is 3.42. The van der Waals surface area contributed by atoms with Crippen LogP contribution in [0, 0.1) is 11.3 Å². The quantitative estimate of drug-likeness (QED) is 0.720. The topological polar surface area (TPSA) is 68.1 Å². The first-order valence-electron chi connectivity index (χ1n) is 8.63. The maximum absolute atomic E-state index is 11.5. The molecule has 0 spiro atoms. The molecule has 0 aliphatic heterocycles. The molecule has 1 amide bonds. The van der Waals surface area contributed by atoms with Gasteiger partial charge in [-0.05, 0) is 47.9 Å². The minimum absolute atomic E-state index is 0.190. The molecular weight excluding hydrogens is 312 g/mol. The zero-order valence-electron chi connectivity index (χ0n) is 14.3. The van der Waals surface area contributed by atoms with Gasteiger partial charge in [-0.2, -0.15) is 0 Å². The van der Waals surface area contributed by atoms with Crippen LogP contribution in [0.5, 0.6) is 5.75 Å². The van der Waals surface area contributed by atoms with Gasteiger partial charge in [-0.1, -0.05) is 37.3 Å². The van der Waals surface area contributed by atoms with Crippen molar-refractivity contribution in [2.45, 2.75) is 26.4 Å². The third-order valence-electron chi connectivity index (χ3n) is 5.34. The van der Waals surface area contributed by atoms with E-state index < -0.39 is 0 Å². The number of amides is 1. The van der Waals surface area contributed by atoms with Crippen LogP contribution in [-0.4, -0.2) is 10.9 Å². The molecule has 1 saturated carbocycles. The summed E-state index contributed by atoms with van der Waals surface area (Å²) >= 11 is 0. The number of carbonyl (C=O) groups is 1. The summed E-state index contributed by atoms with van der Waals surface area (Å²) in [6, 6.07) is 18.4. The number of rotatable bonds is 6. The molecule has 0 radical (unpaired) electrons. The first kappa shape index (κ1) is 15.8. The lowest BCUT2D eigenvalue weighted by molar-refractivity contribution is -0.122. The van der Waals surface area contributed by atoms with E-state index >= 15 is 0 Å². The molecule has 128 valence electrons. The molecule has 2 unspecified atom stereocenters. The number of fused-ring (bicyclic) bond motifs is 1. The molecule has 4 nitrogen and oxygen atoms in total. The number of carbonyl (C=O) groups excluding carboxylic acids is 1. The van der Waals surface area contributed by atoms with Crippen LogP contribution >= 0.6 is 0 Å². The Kier molecular flexibility index (Phi) is 3.75. The van der Waals surface area contributed by atoms with E-state index in [-0.39, 0.29) is 11.3 Å². The maximum Gasteiger partial charge on any atom is 0.223 e. The fourth-order valence-corrected chi connectivity index (χ4v) is 3.42. The Labute approximate surface area is 147 Å². The Balaban J connectivity index is 1.45. The maximum atomic E-state index is 11.5. The average molecular weight is 334 g/mol. The molecule has 3 aromatic rings. The van der Waals surface area contributed by atoms with E-state index in [1.807, 2.05) is 37.3 Å². The smallest absolute Gasteiger partial charge is 0.223 e. The monoisotopic (exact) mass is 334 g/mol. The minimum Gasteiger partial charge on any atom is -0.489 e. The van der Waals surface area contributed by atoms with Crippen LogP contribution in [0.2, 0.25) is 0 Å². The Morgan fingerprint density at radius 2 is 2.04 bits per heavy atom. The Morgan fingerprint density at radius 1 is 1.24 bits per heavy atom. The largest absolute Gasteiger partial charge is 0.489 e. The summed E-state index contributed by atoms with van der Waals surface area (Å²) in [7, 11) is 0. The molecule has 2 atom stereocenters. The van der Waals surface area contributed by atoms with E-state index in [0.29, 0.717) is 12.5 Å². The summed E-state index contributed by atoms with van der Waals surface area (Å²) in [5.41, 5.74) is 8.50. The Hall–Kier alpha value is -2.75. The Morgan fingerprint density at radius 3 is 2.76 bits per heavy atom. The van der Waals surface area contributed by atoms with Crippen molar-refractivity contribution in [1.82, 2.24) is 4.98 Å². The summed E-state index contributed by atoms with van der Waals surface area (Å²) < 4.78 is 5.89. The van der Waals surface area contributed by atoms with E-state index in [1.165, 1.54) is 0 Å². The van der Waals surface area contributed by atoms with E-state index in [0.717, 1.165) is 40.8 Å². The van der Waals surface area contributed by atoms with Crippen LogP contribution in [0.3, 0.4) is 0 Å². The molecule has 2 aromatic carbocycles. The van der Waals surface area contributed by atoms with E-state index in [1.54, 1.807) is 0 Å². The van der Waals surface area contributed by atoms with Crippen molar-refractivity contribution in [1.29, 1.82) is 0 Å². The van der Waals surface area contributed by atoms with E-state index in [4.69, 9.17) is 10.5 Å². The normalized spacial score (nSPS) is 22.0. The molecule has 1 heterocycles. The second-order valence-electron chi connectivity index (χ2n) is 7.20. The third-order valence-corrected chi connectivity index (χ3v) is 5.34. The van der Waals surface area contributed by atoms with Crippen LogP contribution in [-0.2, 0) is 17.8 Å². The van der Waals surface area contributed by atoms with Gasteiger partial charge in [-0.25, -0.2) is 0 Å². The summed E-state index contributed by atoms with van der Waals surface area (Å²) in [5, 5.41) is 1.16. The summed E-state index contributed by atoms with van der Waals surface area (Å²) in [4.78, 5) is 14.9. The molecule has 1 aromatic heterocycles. The highest BCUT2D eigenvalue weighted by Gasteiger charge is 2.54. The second-order valence-corrected chi connectivity index (χ2v) is 7.20. The number of primary amides is 1. The highest BCUT2D eigenvalue weighted by molar-refractivity contribution is 5.84. The van der Waals surface area contributed by atoms with Gasteiger partial charge in [0.05, 0.1) is 0 Å². The summed E-state index contributed by atoms with van der Waals surface area (Å²) in [5.74, 6) is 0.996. The number of hydrogen-bond donors (Lipinski definition) is 2. The highest BCUT2D eigenvalue weighted by atomic mass is 16.5. The molecule has 4 rings (SSSR count). The molecule has 25 heavy (non-hydrogen) atoms. The van der Waals surface area contributed by atoms with Gasteiger partial charge in [-0.3, -0.25) is 4.79 Å². The lowest BCUT2D eigenvalue weighted by atomic mass is 10.0. The van der Waals surface area contributed by atoms with Crippen molar-refractivity contribution in [2.24, 2.45) is 17.1 Å². The molecule has 0 bridgehead atoms.